The molecule has 0 saturated heterocycles. The SMILES string of the molecule is Cc1oc(C(=O)O)cc1CNCCC(F)(F)F. The van der Waals surface area contributed by atoms with Crippen LogP contribution in [-0.2, 0) is 6.54 Å². The fraction of sp³-hybridized carbons (Fsp3) is 0.500. The van der Waals surface area contributed by atoms with Crippen LogP contribution in [0, 0.1) is 6.92 Å². The Morgan fingerprint density at radius 3 is 2.65 bits per heavy atom. The predicted molar refractivity (Wildman–Crippen MR) is 52.8 cm³/mol. The lowest BCUT2D eigenvalue weighted by Gasteiger charge is -2.06. The van der Waals surface area contributed by atoms with Crippen LogP contribution < -0.4 is 5.32 Å². The lowest BCUT2D eigenvalue weighted by Crippen LogP contribution is -2.21. The lowest BCUT2D eigenvalue weighted by atomic mass is 10.2. The third kappa shape index (κ3) is 4.48. The molecule has 0 aliphatic heterocycles. The molecule has 0 aromatic carbocycles. The third-order valence-corrected chi connectivity index (χ3v) is 2.13. The molecule has 0 aliphatic carbocycles. The second-order valence-corrected chi connectivity index (χ2v) is 3.54. The van der Waals surface area contributed by atoms with Gasteiger partial charge in [-0.3, -0.25) is 0 Å². The molecule has 0 atom stereocenters. The van der Waals surface area contributed by atoms with Crippen molar-refractivity contribution in [2.75, 3.05) is 6.54 Å². The van der Waals surface area contributed by atoms with Gasteiger partial charge in [-0.05, 0) is 13.0 Å². The monoisotopic (exact) mass is 251 g/mol. The fourth-order valence-corrected chi connectivity index (χ4v) is 1.25. The number of nitrogens with one attached hydrogen (secondary N) is 1. The quantitative estimate of drug-likeness (QED) is 0.788. The van der Waals surface area contributed by atoms with Crippen molar-refractivity contribution in [1.29, 1.82) is 0 Å². The molecule has 0 unspecified atom stereocenters. The van der Waals surface area contributed by atoms with Gasteiger partial charge >= 0.3 is 12.1 Å². The maximum Gasteiger partial charge on any atom is 0.390 e. The van der Waals surface area contributed by atoms with Gasteiger partial charge in [0.05, 0.1) is 6.42 Å². The molecule has 0 fully saturated rings. The Morgan fingerprint density at radius 2 is 2.18 bits per heavy atom. The Morgan fingerprint density at radius 1 is 1.53 bits per heavy atom. The summed E-state index contributed by atoms with van der Waals surface area (Å²) >= 11 is 0. The topological polar surface area (TPSA) is 62.5 Å². The molecule has 1 aromatic rings. The molecule has 0 radical (unpaired) electrons. The minimum atomic E-state index is -4.19. The van der Waals surface area contributed by atoms with Gasteiger partial charge in [0, 0.05) is 18.7 Å². The van der Waals surface area contributed by atoms with Gasteiger partial charge in [0.15, 0.2) is 0 Å². The zero-order valence-corrected chi connectivity index (χ0v) is 9.10. The zero-order valence-electron chi connectivity index (χ0n) is 9.10. The highest BCUT2D eigenvalue weighted by atomic mass is 19.4. The minimum absolute atomic E-state index is 0.151. The molecule has 17 heavy (non-hydrogen) atoms. The molecule has 0 saturated carbocycles. The van der Waals surface area contributed by atoms with Crippen LogP contribution in [0.15, 0.2) is 10.5 Å². The van der Waals surface area contributed by atoms with E-state index in [0.717, 1.165) is 0 Å². The number of furan rings is 1. The second kappa shape index (κ2) is 5.22. The van der Waals surface area contributed by atoms with Crippen molar-refractivity contribution in [3.05, 3.63) is 23.2 Å². The first-order chi connectivity index (χ1) is 7.79. The van der Waals surface area contributed by atoms with Crippen molar-refractivity contribution in [3.8, 4) is 0 Å². The second-order valence-electron chi connectivity index (χ2n) is 3.54. The van der Waals surface area contributed by atoms with Crippen LogP contribution in [0.1, 0.15) is 28.3 Å². The summed E-state index contributed by atoms with van der Waals surface area (Å²) < 4.78 is 40.4. The van der Waals surface area contributed by atoms with E-state index in [9.17, 15) is 18.0 Å². The number of hydrogen-bond acceptors (Lipinski definition) is 3. The number of aryl methyl sites for hydroxylation is 1. The predicted octanol–water partition coefficient (Wildman–Crippen LogP) is 2.33. The molecule has 0 spiro atoms. The Bertz CT molecular complexity index is 398. The summed E-state index contributed by atoms with van der Waals surface area (Å²) in [6, 6.07) is 1.30. The van der Waals surface area contributed by atoms with E-state index >= 15 is 0 Å². The maximum atomic E-state index is 11.8. The minimum Gasteiger partial charge on any atom is -0.475 e. The molecule has 0 aliphatic rings. The standard InChI is InChI=1S/C10H12F3NO3/c1-6-7(4-8(17-6)9(15)16)5-14-3-2-10(11,12)13/h4,14H,2-3,5H2,1H3,(H,15,16). The summed E-state index contributed by atoms with van der Waals surface area (Å²) in [5.41, 5.74) is 0.546. The summed E-state index contributed by atoms with van der Waals surface area (Å²) in [4.78, 5) is 10.6. The van der Waals surface area contributed by atoms with Crippen LogP contribution in [0.3, 0.4) is 0 Å². The summed E-state index contributed by atoms with van der Waals surface area (Å²) in [5.74, 6) is -1.02. The summed E-state index contributed by atoms with van der Waals surface area (Å²) in [7, 11) is 0. The first-order valence-corrected chi connectivity index (χ1v) is 4.89. The number of aromatic carboxylic acids is 1. The van der Waals surface area contributed by atoms with Gasteiger partial charge in [-0.15, -0.1) is 0 Å². The van der Waals surface area contributed by atoms with Gasteiger partial charge in [0.25, 0.3) is 0 Å². The van der Waals surface area contributed by atoms with E-state index in [1.807, 2.05) is 0 Å². The van der Waals surface area contributed by atoms with E-state index < -0.39 is 18.6 Å². The molecule has 0 amide bonds. The third-order valence-electron chi connectivity index (χ3n) is 2.13. The summed E-state index contributed by atoms with van der Waals surface area (Å²) in [6.07, 6.45) is -5.11. The highest BCUT2D eigenvalue weighted by molar-refractivity contribution is 5.84. The molecule has 4 nitrogen and oxygen atoms in total. The van der Waals surface area contributed by atoms with Gasteiger partial charge in [-0.2, -0.15) is 13.2 Å². The molecule has 1 heterocycles. The normalized spacial score (nSPS) is 11.8. The van der Waals surface area contributed by atoms with Crippen LogP contribution in [-0.4, -0.2) is 23.8 Å². The summed E-state index contributed by atoms with van der Waals surface area (Å²) in [5, 5.41) is 11.2. The van der Waals surface area contributed by atoms with Crippen LogP contribution in [0.5, 0.6) is 0 Å². The van der Waals surface area contributed by atoms with Crippen LogP contribution in [0.25, 0.3) is 0 Å². The molecule has 96 valence electrons. The molecular weight excluding hydrogens is 239 g/mol. The molecule has 7 heteroatoms. The molecule has 0 bridgehead atoms. The number of carbonyl (C=O) groups is 1. The Balaban J connectivity index is 2.44. The van der Waals surface area contributed by atoms with Crippen molar-refractivity contribution >= 4 is 5.97 Å². The number of carboxylic acids is 1. The van der Waals surface area contributed by atoms with E-state index in [1.165, 1.54) is 6.07 Å². The number of hydrogen-bond donors (Lipinski definition) is 2. The lowest BCUT2D eigenvalue weighted by molar-refractivity contribution is -0.133. The molecule has 1 aromatic heterocycles. The van der Waals surface area contributed by atoms with Crippen molar-refractivity contribution in [3.63, 3.8) is 0 Å². The maximum absolute atomic E-state index is 11.8. The van der Waals surface area contributed by atoms with Gasteiger partial charge in [-0.1, -0.05) is 0 Å². The number of alkyl halides is 3. The number of carboxylic acid groups (broad SMARTS) is 1. The number of rotatable bonds is 5. The fourth-order valence-electron chi connectivity index (χ4n) is 1.25. The van der Waals surface area contributed by atoms with Crippen molar-refractivity contribution in [2.45, 2.75) is 26.1 Å². The first kappa shape index (κ1) is 13.6. The van der Waals surface area contributed by atoms with E-state index in [1.54, 1.807) is 6.92 Å². The van der Waals surface area contributed by atoms with Crippen molar-refractivity contribution in [2.24, 2.45) is 0 Å². The van der Waals surface area contributed by atoms with Crippen molar-refractivity contribution < 1.29 is 27.5 Å². The van der Waals surface area contributed by atoms with Crippen molar-refractivity contribution in [1.82, 2.24) is 5.32 Å². The van der Waals surface area contributed by atoms with E-state index in [2.05, 4.69) is 5.32 Å². The van der Waals surface area contributed by atoms with E-state index in [0.29, 0.717) is 11.3 Å². The largest absolute Gasteiger partial charge is 0.475 e. The van der Waals surface area contributed by atoms with E-state index in [4.69, 9.17) is 9.52 Å². The first-order valence-electron chi connectivity index (χ1n) is 4.89. The average molecular weight is 251 g/mol. The van der Waals surface area contributed by atoms with Gasteiger partial charge < -0.3 is 14.8 Å². The van der Waals surface area contributed by atoms with E-state index in [-0.39, 0.29) is 18.8 Å². The van der Waals surface area contributed by atoms with Crippen LogP contribution in [0.4, 0.5) is 13.2 Å². The van der Waals surface area contributed by atoms with Gasteiger partial charge in [0.1, 0.15) is 5.76 Å². The molecule has 1 rings (SSSR count). The van der Waals surface area contributed by atoms with Crippen LogP contribution >= 0.6 is 0 Å². The van der Waals surface area contributed by atoms with Gasteiger partial charge in [-0.25, -0.2) is 4.79 Å². The Labute approximate surface area is 95.4 Å². The molecule has 2 N–H and O–H groups in total. The van der Waals surface area contributed by atoms with Crippen LogP contribution in [0.2, 0.25) is 0 Å². The smallest absolute Gasteiger partial charge is 0.390 e. The molecular formula is C10H12F3NO3. The Kier molecular flexibility index (Phi) is 4.17. The zero-order chi connectivity index (χ0) is 13.1. The highest BCUT2D eigenvalue weighted by Gasteiger charge is 2.26. The Hall–Kier alpha value is -1.50. The number of halogens is 3. The summed E-state index contributed by atoms with van der Waals surface area (Å²) in [6.45, 7) is 1.50. The highest BCUT2D eigenvalue weighted by Crippen LogP contribution is 2.19. The van der Waals surface area contributed by atoms with Gasteiger partial charge in [0.2, 0.25) is 5.76 Å². The average Bonchev–Trinajstić information content (AvgIpc) is 2.54.